The van der Waals surface area contributed by atoms with Gasteiger partial charge in [-0.2, -0.15) is 5.26 Å². The number of aromatic nitrogens is 1. The Balaban J connectivity index is 1.52. The minimum absolute atomic E-state index is 0.106. The highest BCUT2D eigenvalue weighted by Gasteiger charge is 2.35. The Morgan fingerprint density at radius 2 is 1.86 bits per heavy atom. The van der Waals surface area contributed by atoms with E-state index in [9.17, 15) is 14.4 Å². The molecule has 0 atom stereocenters. The number of halogens is 1. The van der Waals surface area contributed by atoms with E-state index in [2.05, 4.69) is 45.1 Å². The first-order valence-corrected chi connectivity index (χ1v) is 15.3. The number of hydrazine groups is 1. The lowest BCUT2D eigenvalue weighted by atomic mass is 9.99. The van der Waals surface area contributed by atoms with Gasteiger partial charge in [0, 0.05) is 71.7 Å². The van der Waals surface area contributed by atoms with E-state index in [1.165, 1.54) is 29.7 Å². The van der Waals surface area contributed by atoms with Crippen molar-refractivity contribution in [1.29, 1.82) is 5.26 Å². The number of carbonyl (C=O) groups excluding carboxylic acids is 1. The fourth-order valence-electron chi connectivity index (χ4n) is 5.28. The molecule has 43 heavy (non-hydrogen) atoms. The number of likely N-dealkylation sites (tertiary alicyclic amines) is 1. The lowest BCUT2D eigenvalue weighted by molar-refractivity contribution is -0.141. The summed E-state index contributed by atoms with van der Waals surface area (Å²) >= 11 is 1.28. The van der Waals surface area contributed by atoms with Crippen LogP contribution in [0.4, 0.5) is 9.52 Å². The molecule has 11 nitrogen and oxygen atoms in total. The molecule has 0 aliphatic carbocycles. The van der Waals surface area contributed by atoms with Gasteiger partial charge in [-0.05, 0) is 44.7 Å². The number of nitrogens with zero attached hydrogens (tertiary/aromatic N) is 8. The first-order chi connectivity index (χ1) is 20.7. The number of aliphatic imine (C=N–C) groups is 1. The molecule has 3 heterocycles. The van der Waals surface area contributed by atoms with Crippen LogP contribution in [0.25, 0.3) is 11.3 Å². The van der Waals surface area contributed by atoms with Gasteiger partial charge in [0.25, 0.3) is 0 Å². The topological polar surface area (TPSA) is 106 Å². The van der Waals surface area contributed by atoms with E-state index in [1.807, 2.05) is 42.9 Å². The van der Waals surface area contributed by atoms with Crippen LogP contribution in [-0.2, 0) is 4.79 Å². The highest BCUT2D eigenvalue weighted by Crippen LogP contribution is 2.33. The normalized spacial score (nSPS) is 16.6. The number of anilines is 1. The van der Waals surface area contributed by atoms with Crippen molar-refractivity contribution in [3.05, 3.63) is 59.3 Å². The zero-order valence-electron chi connectivity index (χ0n) is 25.6. The molecule has 1 amide bonds. The number of nitrogens with one attached hydrogen (secondary N) is 2. The molecule has 13 heteroatoms. The van der Waals surface area contributed by atoms with Gasteiger partial charge in [0.15, 0.2) is 5.13 Å². The van der Waals surface area contributed by atoms with E-state index in [0.717, 1.165) is 24.6 Å². The van der Waals surface area contributed by atoms with Crippen molar-refractivity contribution in [2.45, 2.75) is 20.3 Å². The third-order valence-corrected chi connectivity index (χ3v) is 8.57. The first kappa shape index (κ1) is 31.8. The molecule has 4 rings (SSSR count). The molecule has 0 spiro atoms. The maximum absolute atomic E-state index is 13.5. The lowest BCUT2D eigenvalue weighted by Crippen LogP contribution is -2.59. The summed E-state index contributed by atoms with van der Waals surface area (Å²) < 4.78 is 13.5. The van der Waals surface area contributed by atoms with Gasteiger partial charge in [-0.25, -0.2) is 14.4 Å². The number of hydrogen-bond donors (Lipinski definition) is 2. The SMILES string of the molecule is C=CN=C(N1CCN(C(=O)C2CN(C)C2)CC1)N(C)N/C(CC)=C(\NCC)N(C)c1nc(-c2ccc(F)cc2)c(C#N)s1. The molecular formula is C30H41FN10OS. The molecule has 2 saturated heterocycles. The third-order valence-electron chi connectivity index (χ3n) is 7.54. The van der Waals surface area contributed by atoms with Gasteiger partial charge in [0.1, 0.15) is 28.3 Å². The number of nitriles is 1. The predicted molar refractivity (Wildman–Crippen MR) is 169 cm³/mol. The highest BCUT2D eigenvalue weighted by atomic mass is 32.1. The second kappa shape index (κ2) is 14.3. The van der Waals surface area contributed by atoms with Crippen LogP contribution in [-0.4, -0.2) is 104 Å². The fraction of sp³-hybridized carbons (Fsp3) is 0.467. The van der Waals surface area contributed by atoms with E-state index in [-0.39, 0.29) is 17.6 Å². The van der Waals surface area contributed by atoms with E-state index >= 15 is 0 Å². The molecule has 1 aromatic carbocycles. The summed E-state index contributed by atoms with van der Waals surface area (Å²) in [4.78, 5) is 30.9. The van der Waals surface area contributed by atoms with Crippen molar-refractivity contribution >= 4 is 28.3 Å². The maximum atomic E-state index is 13.5. The van der Waals surface area contributed by atoms with Crippen LogP contribution in [0.15, 0.2) is 53.6 Å². The van der Waals surface area contributed by atoms with Crippen LogP contribution in [0.2, 0.25) is 0 Å². The Morgan fingerprint density at radius 3 is 2.42 bits per heavy atom. The summed E-state index contributed by atoms with van der Waals surface area (Å²) in [5, 5.41) is 15.8. The summed E-state index contributed by atoms with van der Waals surface area (Å²) in [5.41, 5.74) is 5.61. The quantitative estimate of drug-likeness (QED) is 0.239. The van der Waals surface area contributed by atoms with E-state index in [1.54, 1.807) is 12.1 Å². The molecule has 0 saturated carbocycles. The molecule has 2 aliphatic rings. The first-order valence-electron chi connectivity index (χ1n) is 14.5. The smallest absolute Gasteiger partial charge is 0.228 e. The summed E-state index contributed by atoms with van der Waals surface area (Å²) in [5.74, 6) is 1.51. The number of rotatable bonds is 10. The lowest BCUT2D eigenvalue weighted by Gasteiger charge is -2.43. The molecule has 2 aliphatic heterocycles. The largest absolute Gasteiger partial charge is 0.370 e. The molecule has 2 fully saturated rings. The highest BCUT2D eigenvalue weighted by molar-refractivity contribution is 7.16. The number of hydrogen-bond acceptors (Lipinski definition) is 9. The standard InChI is InChI=1S/C30H41FN10OS/c1-7-24(27(33-8-2)38(5)30-35-26(25(18-32)43-30)21-10-12-23(31)13-11-21)36-39(6)29(34-9-3)41-16-14-40(15-17-41)28(42)22-19-37(4)20-22/h9-13,22,33,36H,3,7-8,14-17,19-20H2,1-2,4-6H3/b27-24+,34-29?. The molecular weight excluding hydrogens is 567 g/mol. The fourth-order valence-corrected chi connectivity index (χ4v) is 6.13. The number of carbonyl (C=O) groups is 1. The van der Waals surface area contributed by atoms with Crippen molar-refractivity contribution in [1.82, 2.24) is 35.4 Å². The van der Waals surface area contributed by atoms with E-state index < -0.39 is 0 Å². The van der Waals surface area contributed by atoms with Crippen LogP contribution in [0, 0.1) is 23.1 Å². The summed E-state index contributed by atoms with van der Waals surface area (Å²) in [7, 11) is 5.85. The summed E-state index contributed by atoms with van der Waals surface area (Å²) in [6.07, 6.45) is 2.19. The van der Waals surface area contributed by atoms with Gasteiger partial charge in [-0.15, -0.1) is 0 Å². The predicted octanol–water partition coefficient (Wildman–Crippen LogP) is 3.09. The summed E-state index contributed by atoms with van der Waals surface area (Å²) in [6.45, 7) is 12.8. The monoisotopic (exact) mass is 608 g/mol. The number of amides is 1. The zero-order chi connectivity index (χ0) is 31.1. The molecule has 2 aromatic rings. The number of allylic oxidation sites excluding steroid dienone is 1. The number of guanidine groups is 1. The van der Waals surface area contributed by atoms with Crippen LogP contribution >= 0.6 is 11.3 Å². The van der Waals surface area contributed by atoms with Crippen LogP contribution in [0.3, 0.4) is 0 Å². The Bertz CT molecular complexity index is 1380. The van der Waals surface area contributed by atoms with Gasteiger partial charge in [0.05, 0.1) is 11.6 Å². The van der Waals surface area contributed by atoms with Crippen LogP contribution in [0.1, 0.15) is 25.1 Å². The van der Waals surface area contributed by atoms with Crippen LogP contribution < -0.4 is 15.6 Å². The van der Waals surface area contributed by atoms with Gasteiger partial charge < -0.3 is 24.9 Å². The van der Waals surface area contributed by atoms with Gasteiger partial charge >= 0.3 is 0 Å². The minimum atomic E-state index is -0.341. The molecule has 1 aromatic heterocycles. The van der Waals surface area contributed by atoms with Crippen molar-refractivity contribution in [3.8, 4) is 17.3 Å². The minimum Gasteiger partial charge on any atom is -0.370 e. The maximum Gasteiger partial charge on any atom is 0.228 e. The van der Waals surface area contributed by atoms with E-state index in [0.29, 0.717) is 66.4 Å². The Morgan fingerprint density at radius 1 is 1.21 bits per heavy atom. The van der Waals surface area contributed by atoms with Crippen LogP contribution in [0.5, 0.6) is 0 Å². The molecule has 0 unspecified atom stereocenters. The van der Waals surface area contributed by atoms with Crippen molar-refractivity contribution in [2.24, 2.45) is 10.9 Å². The molecule has 0 radical (unpaired) electrons. The average Bonchev–Trinajstić information content (AvgIpc) is 3.44. The molecule has 230 valence electrons. The number of benzene rings is 1. The molecule has 0 bridgehead atoms. The third kappa shape index (κ3) is 7.26. The molecule has 2 N–H and O–H groups in total. The summed E-state index contributed by atoms with van der Waals surface area (Å²) in [6, 6.07) is 8.23. The van der Waals surface area contributed by atoms with Gasteiger partial charge in [-0.3, -0.25) is 15.2 Å². The van der Waals surface area contributed by atoms with Gasteiger partial charge in [0.2, 0.25) is 11.9 Å². The Kier molecular flexibility index (Phi) is 10.6. The average molecular weight is 609 g/mol. The van der Waals surface area contributed by atoms with Crippen molar-refractivity contribution in [3.63, 3.8) is 0 Å². The Hall–Kier alpha value is -4.15. The second-order valence-electron chi connectivity index (χ2n) is 10.6. The second-order valence-corrected chi connectivity index (χ2v) is 11.6. The Labute approximate surface area is 257 Å². The number of thiazole rings is 1. The zero-order valence-corrected chi connectivity index (χ0v) is 26.4. The van der Waals surface area contributed by atoms with Crippen molar-refractivity contribution < 1.29 is 9.18 Å². The van der Waals surface area contributed by atoms with Crippen molar-refractivity contribution in [2.75, 3.05) is 71.9 Å². The number of piperazine rings is 1. The van der Waals surface area contributed by atoms with E-state index in [4.69, 9.17) is 4.98 Å². The van der Waals surface area contributed by atoms with Gasteiger partial charge in [-0.1, -0.05) is 24.8 Å².